The van der Waals surface area contributed by atoms with Gasteiger partial charge in [-0.1, -0.05) is 25.3 Å². The molecule has 1 aliphatic carbocycles. The van der Waals surface area contributed by atoms with Gasteiger partial charge < -0.3 is 0 Å². The predicted molar refractivity (Wildman–Crippen MR) is 94.2 cm³/mol. The number of hydrogen-bond acceptors (Lipinski definition) is 4. The third-order valence-corrected chi connectivity index (χ3v) is 5.73. The molecule has 1 saturated heterocycles. The minimum absolute atomic E-state index is 0.0237. The quantitative estimate of drug-likeness (QED) is 0.866. The smallest absolute Gasteiger partial charge is 0.176 e. The lowest BCUT2D eigenvalue weighted by Gasteiger charge is -2.43. The van der Waals surface area contributed by atoms with Crippen LogP contribution in [-0.2, 0) is 5.54 Å². The number of tetrazole rings is 1. The molecule has 0 radical (unpaired) electrons. The summed E-state index contributed by atoms with van der Waals surface area (Å²) in [5.74, 6) is 1.05. The Kier molecular flexibility index (Phi) is 4.12. The summed E-state index contributed by atoms with van der Waals surface area (Å²) in [6.07, 6.45) is 8.84. The van der Waals surface area contributed by atoms with Crippen molar-refractivity contribution in [2.45, 2.75) is 64.3 Å². The van der Waals surface area contributed by atoms with E-state index in [0.29, 0.717) is 0 Å². The Hall–Kier alpha value is -1.75. The summed E-state index contributed by atoms with van der Waals surface area (Å²) in [4.78, 5) is 2.66. The van der Waals surface area contributed by atoms with Crippen LogP contribution in [0.4, 0.5) is 0 Å². The standard InChI is InChI=1S/C19H27N5/c1-15-12-16(2)14-17(13-15)24-18(20-21-22-24)19(8-4-3-5-9-19)23-10-6-7-11-23/h12-14H,3-11H2,1-2H3. The van der Waals surface area contributed by atoms with Gasteiger partial charge in [-0.3, -0.25) is 4.90 Å². The first kappa shape index (κ1) is 15.8. The van der Waals surface area contributed by atoms with E-state index in [9.17, 15) is 0 Å². The van der Waals surface area contributed by atoms with E-state index in [1.165, 1.54) is 69.2 Å². The lowest BCUT2D eigenvalue weighted by Crippen LogP contribution is -2.47. The average molecular weight is 325 g/mol. The second-order valence-corrected chi connectivity index (χ2v) is 7.55. The van der Waals surface area contributed by atoms with Crippen molar-refractivity contribution in [2.24, 2.45) is 0 Å². The Bertz CT molecular complexity index is 688. The van der Waals surface area contributed by atoms with Crippen LogP contribution in [0.1, 0.15) is 61.9 Å². The molecule has 0 spiro atoms. The summed E-state index contributed by atoms with van der Waals surface area (Å²) in [7, 11) is 0. The molecule has 1 aromatic carbocycles. The Morgan fingerprint density at radius 3 is 2.21 bits per heavy atom. The molecule has 5 heteroatoms. The number of hydrogen-bond donors (Lipinski definition) is 0. The zero-order valence-electron chi connectivity index (χ0n) is 14.8. The van der Waals surface area contributed by atoms with E-state index >= 15 is 0 Å². The largest absolute Gasteiger partial charge is 0.291 e. The molecule has 2 aliphatic rings. The molecule has 24 heavy (non-hydrogen) atoms. The summed E-state index contributed by atoms with van der Waals surface area (Å²) in [5, 5.41) is 13.0. The fraction of sp³-hybridized carbons (Fsp3) is 0.632. The van der Waals surface area contributed by atoms with Gasteiger partial charge in [0, 0.05) is 0 Å². The number of benzene rings is 1. The molecular formula is C19H27N5. The highest BCUT2D eigenvalue weighted by molar-refractivity contribution is 5.39. The van der Waals surface area contributed by atoms with Crippen LogP contribution in [0.3, 0.4) is 0 Å². The highest BCUT2D eigenvalue weighted by Gasteiger charge is 2.44. The minimum Gasteiger partial charge on any atom is -0.291 e. The normalized spacial score (nSPS) is 21.2. The molecule has 5 nitrogen and oxygen atoms in total. The van der Waals surface area contributed by atoms with E-state index in [0.717, 1.165) is 11.5 Å². The minimum atomic E-state index is 0.0237. The van der Waals surface area contributed by atoms with Crippen molar-refractivity contribution in [3.05, 3.63) is 35.2 Å². The molecule has 0 unspecified atom stereocenters. The molecule has 0 atom stereocenters. The Morgan fingerprint density at radius 2 is 1.54 bits per heavy atom. The van der Waals surface area contributed by atoms with Crippen LogP contribution in [-0.4, -0.2) is 38.2 Å². The molecule has 1 aliphatic heterocycles. The van der Waals surface area contributed by atoms with Gasteiger partial charge in [0.15, 0.2) is 5.82 Å². The lowest BCUT2D eigenvalue weighted by molar-refractivity contribution is 0.0595. The SMILES string of the molecule is Cc1cc(C)cc(-n2nnnc2C2(N3CCCC3)CCCCC2)c1. The Morgan fingerprint density at radius 1 is 0.875 bits per heavy atom. The van der Waals surface area contributed by atoms with E-state index in [1.807, 2.05) is 4.68 Å². The molecule has 0 N–H and O–H groups in total. The van der Waals surface area contributed by atoms with Crippen molar-refractivity contribution in [2.75, 3.05) is 13.1 Å². The number of aromatic nitrogens is 4. The van der Waals surface area contributed by atoms with Gasteiger partial charge in [0.2, 0.25) is 0 Å². The van der Waals surface area contributed by atoms with Crippen LogP contribution in [0.25, 0.3) is 5.69 Å². The van der Waals surface area contributed by atoms with E-state index in [-0.39, 0.29) is 5.54 Å². The van der Waals surface area contributed by atoms with Crippen LogP contribution in [0.15, 0.2) is 18.2 Å². The topological polar surface area (TPSA) is 46.8 Å². The first-order valence-corrected chi connectivity index (χ1v) is 9.32. The second-order valence-electron chi connectivity index (χ2n) is 7.55. The Labute approximate surface area is 144 Å². The highest BCUT2D eigenvalue weighted by Crippen LogP contribution is 2.43. The molecule has 4 rings (SSSR count). The molecule has 2 heterocycles. The third-order valence-electron chi connectivity index (χ3n) is 5.73. The van der Waals surface area contributed by atoms with E-state index in [2.05, 4.69) is 52.5 Å². The third kappa shape index (κ3) is 2.65. The van der Waals surface area contributed by atoms with E-state index < -0.39 is 0 Å². The fourth-order valence-electron chi connectivity index (χ4n) is 4.69. The van der Waals surface area contributed by atoms with Crippen LogP contribution in [0, 0.1) is 13.8 Å². The van der Waals surface area contributed by atoms with Gasteiger partial charge >= 0.3 is 0 Å². The number of likely N-dealkylation sites (tertiary alicyclic amines) is 1. The highest BCUT2D eigenvalue weighted by atomic mass is 15.6. The number of rotatable bonds is 3. The lowest BCUT2D eigenvalue weighted by atomic mass is 9.79. The van der Waals surface area contributed by atoms with Crippen LogP contribution < -0.4 is 0 Å². The van der Waals surface area contributed by atoms with Crippen molar-refractivity contribution in [3.63, 3.8) is 0 Å². The van der Waals surface area contributed by atoms with Gasteiger partial charge in [-0.15, -0.1) is 5.10 Å². The average Bonchev–Trinajstić information content (AvgIpc) is 3.27. The van der Waals surface area contributed by atoms with Gasteiger partial charge in [-0.05, 0) is 86.3 Å². The fourth-order valence-corrected chi connectivity index (χ4v) is 4.69. The zero-order valence-corrected chi connectivity index (χ0v) is 14.8. The number of nitrogens with zero attached hydrogens (tertiary/aromatic N) is 5. The van der Waals surface area contributed by atoms with Crippen molar-refractivity contribution in [3.8, 4) is 5.69 Å². The maximum Gasteiger partial charge on any atom is 0.176 e. The monoisotopic (exact) mass is 325 g/mol. The van der Waals surface area contributed by atoms with Crippen molar-refractivity contribution < 1.29 is 0 Å². The van der Waals surface area contributed by atoms with Gasteiger partial charge in [0.25, 0.3) is 0 Å². The maximum absolute atomic E-state index is 4.55. The van der Waals surface area contributed by atoms with Crippen LogP contribution in [0.5, 0.6) is 0 Å². The van der Waals surface area contributed by atoms with Crippen LogP contribution >= 0.6 is 0 Å². The predicted octanol–water partition coefficient (Wildman–Crippen LogP) is 3.53. The van der Waals surface area contributed by atoms with Gasteiger partial charge in [-0.2, -0.15) is 4.68 Å². The van der Waals surface area contributed by atoms with Gasteiger partial charge in [0.1, 0.15) is 0 Å². The summed E-state index contributed by atoms with van der Waals surface area (Å²) >= 11 is 0. The summed E-state index contributed by atoms with van der Waals surface area (Å²) in [6, 6.07) is 6.57. The molecule has 2 fully saturated rings. The van der Waals surface area contributed by atoms with Crippen molar-refractivity contribution in [1.29, 1.82) is 0 Å². The summed E-state index contributed by atoms with van der Waals surface area (Å²) < 4.78 is 2.00. The van der Waals surface area contributed by atoms with E-state index in [1.54, 1.807) is 0 Å². The molecule has 1 aromatic heterocycles. The first-order chi connectivity index (χ1) is 11.7. The number of aryl methyl sites for hydroxylation is 2. The van der Waals surface area contributed by atoms with Gasteiger partial charge in [0.05, 0.1) is 11.2 Å². The molecular weight excluding hydrogens is 298 g/mol. The molecule has 0 bridgehead atoms. The molecule has 2 aromatic rings. The Balaban J connectivity index is 1.81. The molecule has 128 valence electrons. The van der Waals surface area contributed by atoms with Crippen molar-refractivity contribution >= 4 is 0 Å². The summed E-state index contributed by atoms with van der Waals surface area (Å²) in [6.45, 7) is 6.63. The first-order valence-electron chi connectivity index (χ1n) is 9.32. The van der Waals surface area contributed by atoms with Gasteiger partial charge in [-0.25, -0.2) is 0 Å². The zero-order chi connectivity index (χ0) is 16.6. The molecule has 0 amide bonds. The maximum atomic E-state index is 4.55. The second kappa shape index (κ2) is 6.28. The summed E-state index contributed by atoms with van der Waals surface area (Å²) in [5.41, 5.74) is 3.63. The van der Waals surface area contributed by atoms with Crippen molar-refractivity contribution in [1.82, 2.24) is 25.1 Å². The van der Waals surface area contributed by atoms with Crippen LogP contribution in [0.2, 0.25) is 0 Å². The molecule has 1 saturated carbocycles. The van der Waals surface area contributed by atoms with E-state index in [4.69, 9.17) is 0 Å².